The number of hydrogen-bond donors (Lipinski definition) is 2. The second-order valence-corrected chi connectivity index (χ2v) is 2.39. The van der Waals surface area contributed by atoms with Crippen molar-refractivity contribution >= 4 is 5.97 Å². The SMILES string of the molecule is C=C(C)C(N)CCC(=O)O. The highest BCUT2D eigenvalue weighted by atomic mass is 16.4. The molecular formula is C7H13NO2. The lowest BCUT2D eigenvalue weighted by Crippen LogP contribution is -2.21. The smallest absolute Gasteiger partial charge is 0.303 e. The summed E-state index contributed by atoms with van der Waals surface area (Å²) in [6, 6.07) is -0.170. The van der Waals surface area contributed by atoms with Gasteiger partial charge in [0, 0.05) is 12.5 Å². The first kappa shape index (κ1) is 9.17. The molecule has 0 rings (SSSR count). The van der Waals surface area contributed by atoms with Gasteiger partial charge >= 0.3 is 5.97 Å². The Morgan fingerprint density at radius 3 is 2.60 bits per heavy atom. The van der Waals surface area contributed by atoms with Gasteiger partial charge in [-0.2, -0.15) is 0 Å². The maximum absolute atomic E-state index is 10.0. The molecule has 0 aliphatic carbocycles. The molecule has 0 spiro atoms. The van der Waals surface area contributed by atoms with Crippen LogP contribution in [0.25, 0.3) is 0 Å². The number of rotatable bonds is 4. The van der Waals surface area contributed by atoms with E-state index in [1.165, 1.54) is 0 Å². The third kappa shape index (κ3) is 4.09. The van der Waals surface area contributed by atoms with Crippen molar-refractivity contribution in [2.45, 2.75) is 25.8 Å². The molecule has 1 unspecified atom stereocenters. The number of nitrogens with two attached hydrogens (primary N) is 1. The van der Waals surface area contributed by atoms with E-state index in [1.54, 1.807) is 6.92 Å². The fourth-order valence-electron chi connectivity index (χ4n) is 0.525. The van der Waals surface area contributed by atoms with Crippen LogP contribution < -0.4 is 5.73 Å². The lowest BCUT2D eigenvalue weighted by molar-refractivity contribution is -0.137. The lowest BCUT2D eigenvalue weighted by Gasteiger charge is -2.07. The van der Waals surface area contributed by atoms with E-state index in [1.807, 2.05) is 0 Å². The fourth-order valence-corrected chi connectivity index (χ4v) is 0.525. The average Bonchev–Trinajstić information content (AvgIpc) is 1.82. The molecule has 3 nitrogen and oxygen atoms in total. The van der Waals surface area contributed by atoms with Gasteiger partial charge in [-0.05, 0) is 13.3 Å². The summed E-state index contributed by atoms with van der Waals surface area (Å²) in [6.45, 7) is 5.41. The molecule has 0 fully saturated rings. The van der Waals surface area contributed by atoms with Crippen LogP contribution >= 0.6 is 0 Å². The summed E-state index contributed by atoms with van der Waals surface area (Å²) in [5.74, 6) is -0.809. The van der Waals surface area contributed by atoms with Crippen molar-refractivity contribution in [1.29, 1.82) is 0 Å². The normalized spacial score (nSPS) is 12.6. The number of carboxylic acid groups (broad SMARTS) is 1. The number of hydrogen-bond acceptors (Lipinski definition) is 2. The van der Waals surface area contributed by atoms with Crippen molar-refractivity contribution < 1.29 is 9.90 Å². The summed E-state index contributed by atoms with van der Waals surface area (Å²) < 4.78 is 0. The molecule has 58 valence electrons. The molecule has 3 N–H and O–H groups in total. The molecule has 0 aromatic heterocycles. The van der Waals surface area contributed by atoms with E-state index in [2.05, 4.69) is 6.58 Å². The number of carboxylic acids is 1. The van der Waals surface area contributed by atoms with Gasteiger partial charge in [0.15, 0.2) is 0 Å². The summed E-state index contributed by atoms with van der Waals surface area (Å²) in [4.78, 5) is 10.0. The lowest BCUT2D eigenvalue weighted by atomic mass is 10.1. The van der Waals surface area contributed by atoms with E-state index in [9.17, 15) is 4.79 Å². The van der Waals surface area contributed by atoms with Gasteiger partial charge in [-0.25, -0.2) is 0 Å². The van der Waals surface area contributed by atoms with E-state index < -0.39 is 5.97 Å². The van der Waals surface area contributed by atoms with Crippen LogP contribution in [0.5, 0.6) is 0 Å². The summed E-state index contributed by atoms with van der Waals surface area (Å²) in [5.41, 5.74) is 6.34. The van der Waals surface area contributed by atoms with E-state index in [-0.39, 0.29) is 12.5 Å². The maximum Gasteiger partial charge on any atom is 0.303 e. The highest BCUT2D eigenvalue weighted by Gasteiger charge is 2.04. The topological polar surface area (TPSA) is 63.3 Å². The van der Waals surface area contributed by atoms with Gasteiger partial charge in [-0.15, -0.1) is 0 Å². The van der Waals surface area contributed by atoms with Gasteiger partial charge in [0.25, 0.3) is 0 Å². The third-order valence-corrected chi connectivity index (χ3v) is 1.30. The minimum Gasteiger partial charge on any atom is -0.481 e. The van der Waals surface area contributed by atoms with Crippen LogP contribution in [0.15, 0.2) is 12.2 Å². The van der Waals surface area contributed by atoms with E-state index >= 15 is 0 Å². The molecule has 0 heterocycles. The maximum atomic E-state index is 10.0. The predicted octanol–water partition coefficient (Wildman–Crippen LogP) is 0.755. The molecule has 0 aliphatic heterocycles. The quantitative estimate of drug-likeness (QED) is 0.571. The molecule has 10 heavy (non-hydrogen) atoms. The van der Waals surface area contributed by atoms with Gasteiger partial charge in [0.05, 0.1) is 0 Å². The molecule has 0 radical (unpaired) electrons. The van der Waals surface area contributed by atoms with Crippen LogP contribution in [0.2, 0.25) is 0 Å². The van der Waals surface area contributed by atoms with Crippen molar-refractivity contribution in [3.8, 4) is 0 Å². The van der Waals surface area contributed by atoms with E-state index in [0.29, 0.717) is 6.42 Å². The Labute approximate surface area is 60.5 Å². The van der Waals surface area contributed by atoms with Gasteiger partial charge in [0.1, 0.15) is 0 Å². The monoisotopic (exact) mass is 143 g/mol. The Bertz CT molecular complexity index is 143. The predicted molar refractivity (Wildman–Crippen MR) is 39.7 cm³/mol. The standard InChI is InChI=1S/C7H13NO2/c1-5(2)6(8)3-4-7(9)10/h6H,1,3-4,8H2,2H3,(H,9,10). The Morgan fingerprint density at radius 1 is 1.80 bits per heavy atom. The average molecular weight is 143 g/mol. The molecule has 0 saturated carbocycles. The molecule has 0 aromatic carbocycles. The fraction of sp³-hybridized carbons (Fsp3) is 0.571. The van der Waals surface area contributed by atoms with Gasteiger partial charge in [0.2, 0.25) is 0 Å². The molecule has 1 atom stereocenters. The summed E-state index contributed by atoms with van der Waals surface area (Å²) >= 11 is 0. The van der Waals surface area contributed by atoms with Crippen LogP contribution in [-0.2, 0) is 4.79 Å². The minimum atomic E-state index is -0.809. The van der Waals surface area contributed by atoms with Gasteiger partial charge in [-0.3, -0.25) is 4.79 Å². The first-order valence-electron chi connectivity index (χ1n) is 3.17. The second-order valence-electron chi connectivity index (χ2n) is 2.39. The van der Waals surface area contributed by atoms with E-state index in [4.69, 9.17) is 10.8 Å². The summed E-state index contributed by atoms with van der Waals surface area (Å²) in [5, 5.41) is 8.26. The van der Waals surface area contributed by atoms with Gasteiger partial charge < -0.3 is 10.8 Å². The zero-order valence-corrected chi connectivity index (χ0v) is 6.13. The zero-order valence-electron chi connectivity index (χ0n) is 6.13. The van der Waals surface area contributed by atoms with Crippen LogP contribution in [0.3, 0.4) is 0 Å². The Morgan fingerprint density at radius 2 is 2.30 bits per heavy atom. The number of aliphatic carboxylic acids is 1. The zero-order chi connectivity index (χ0) is 8.15. The summed E-state index contributed by atoms with van der Waals surface area (Å²) in [6.07, 6.45) is 0.596. The molecular weight excluding hydrogens is 130 g/mol. The molecule has 0 aliphatic rings. The molecule has 0 amide bonds. The van der Waals surface area contributed by atoms with Crippen molar-refractivity contribution in [3.63, 3.8) is 0 Å². The Kier molecular flexibility index (Phi) is 3.72. The Hall–Kier alpha value is -0.830. The third-order valence-electron chi connectivity index (χ3n) is 1.30. The highest BCUT2D eigenvalue weighted by molar-refractivity contribution is 5.66. The highest BCUT2D eigenvalue weighted by Crippen LogP contribution is 2.02. The van der Waals surface area contributed by atoms with Crippen LogP contribution in [0.1, 0.15) is 19.8 Å². The van der Waals surface area contributed by atoms with Crippen LogP contribution in [-0.4, -0.2) is 17.1 Å². The minimum absolute atomic E-state index is 0.119. The Balaban J connectivity index is 3.49. The van der Waals surface area contributed by atoms with E-state index in [0.717, 1.165) is 5.57 Å². The van der Waals surface area contributed by atoms with Crippen LogP contribution in [0.4, 0.5) is 0 Å². The van der Waals surface area contributed by atoms with Crippen molar-refractivity contribution in [3.05, 3.63) is 12.2 Å². The largest absolute Gasteiger partial charge is 0.481 e. The van der Waals surface area contributed by atoms with Crippen molar-refractivity contribution in [1.82, 2.24) is 0 Å². The van der Waals surface area contributed by atoms with Crippen LogP contribution in [0, 0.1) is 0 Å². The molecule has 0 bridgehead atoms. The molecule has 0 aromatic rings. The number of carbonyl (C=O) groups is 1. The summed E-state index contributed by atoms with van der Waals surface area (Å²) in [7, 11) is 0. The van der Waals surface area contributed by atoms with Crippen molar-refractivity contribution in [2.75, 3.05) is 0 Å². The first-order valence-corrected chi connectivity index (χ1v) is 3.17. The van der Waals surface area contributed by atoms with Gasteiger partial charge in [-0.1, -0.05) is 12.2 Å². The molecule has 3 heteroatoms. The first-order chi connectivity index (χ1) is 4.54. The molecule has 0 saturated heterocycles. The second kappa shape index (κ2) is 4.06. The van der Waals surface area contributed by atoms with Crippen molar-refractivity contribution in [2.24, 2.45) is 5.73 Å².